The monoisotopic (exact) mass is 305 g/mol. The number of nitrogens with one attached hydrogen (secondary N) is 1. The summed E-state index contributed by atoms with van der Waals surface area (Å²) in [5.74, 6) is 0. The molecule has 1 aromatic heterocycles. The first-order chi connectivity index (χ1) is 8.81. The van der Waals surface area contributed by atoms with Gasteiger partial charge in [-0.2, -0.15) is 13.2 Å². The summed E-state index contributed by atoms with van der Waals surface area (Å²) in [7, 11) is 0. The van der Waals surface area contributed by atoms with Gasteiger partial charge in [-0.25, -0.2) is 0 Å². The summed E-state index contributed by atoms with van der Waals surface area (Å²) < 4.78 is 36.9. The van der Waals surface area contributed by atoms with Gasteiger partial charge in [-0.05, 0) is 43.1 Å². The number of alkyl halides is 3. The van der Waals surface area contributed by atoms with E-state index in [1.807, 2.05) is 0 Å². The third kappa shape index (κ3) is 3.09. The van der Waals surface area contributed by atoms with Crippen molar-refractivity contribution in [3.63, 3.8) is 0 Å². The van der Waals surface area contributed by atoms with E-state index >= 15 is 0 Å². The summed E-state index contributed by atoms with van der Waals surface area (Å²) >= 11 is 1.13. The van der Waals surface area contributed by atoms with Gasteiger partial charge in [-0.15, -0.1) is 11.8 Å². The molecule has 0 spiro atoms. The van der Waals surface area contributed by atoms with Crippen molar-refractivity contribution in [3.05, 3.63) is 34.1 Å². The molecule has 0 aliphatic heterocycles. The molecule has 1 N–H and O–H groups in total. The van der Waals surface area contributed by atoms with Crippen molar-refractivity contribution in [2.24, 2.45) is 0 Å². The predicted molar refractivity (Wildman–Crippen MR) is 73.0 cm³/mol. The highest BCUT2D eigenvalue weighted by molar-refractivity contribution is 8.00. The van der Waals surface area contributed by atoms with Crippen LogP contribution in [0.1, 0.15) is 5.69 Å². The van der Waals surface area contributed by atoms with Gasteiger partial charge >= 0.3 is 5.51 Å². The molecule has 0 fully saturated rings. The summed E-state index contributed by atoms with van der Waals surface area (Å²) in [5.41, 5.74) is -3.39. The minimum atomic E-state index is -4.33. The fourth-order valence-electron chi connectivity index (χ4n) is 1.82. The zero-order valence-corrected chi connectivity index (χ0v) is 11.7. The molecule has 0 saturated heterocycles. The summed E-state index contributed by atoms with van der Waals surface area (Å²) in [6.07, 6.45) is 1.79. The Labute approximate surface area is 115 Å². The Kier molecular flexibility index (Phi) is 3.87. The Morgan fingerprint density at radius 3 is 2.53 bits per heavy atom. The lowest BCUT2D eigenvalue weighted by atomic mass is 10.2. The number of halogens is 3. The first kappa shape index (κ1) is 14.3. The number of hydrogen-bond acceptors (Lipinski definition) is 3. The van der Waals surface area contributed by atoms with Gasteiger partial charge in [0, 0.05) is 16.0 Å². The second-order valence-corrected chi connectivity index (χ2v) is 5.82. The van der Waals surface area contributed by atoms with E-state index in [0.717, 1.165) is 0 Å². The highest BCUT2D eigenvalue weighted by Gasteiger charge is 2.29. The van der Waals surface area contributed by atoms with Crippen LogP contribution in [0.25, 0.3) is 10.9 Å². The molecule has 0 bridgehead atoms. The van der Waals surface area contributed by atoms with Crippen molar-refractivity contribution in [1.82, 2.24) is 4.98 Å². The number of pyridine rings is 1. The summed E-state index contributed by atoms with van der Waals surface area (Å²) in [6.45, 7) is 1.73. The molecular formula is C12H10F3NOS2. The minimum absolute atomic E-state index is 0.0620. The maximum absolute atomic E-state index is 12.3. The minimum Gasteiger partial charge on any atom is -0.357 e. The number of H-pyrrole nitrogens is 1. The smallest absolute Gasteiger partial charge is 0.357 e. The molecule has 1 aromatic carbocycles. The Balaban J connectivity index is 2.59. The molecule has 0 radical (unpaired) electrons. The molecule has 19 heavy (non-hydrogen) atoms. The first-order valence-corrected chi connectivity index (χ1v) is 7.32. The lowest BCUT2D eigenvalue weighted by Crippen LogP contribution is -2.08. The van der Waals surface area contributed by atoms with Crippen molar-refractivity contribution < 1.29 is 13.2 Å². The first-order valence-electron chi connectivity index (χ1n) is 5.28. The van der Waals surface area contributed by atoms with E-state index in [1.54, 1.807) is 13.2 Å². The molecule has 2 nitrogen and oxygen atoms in total. The summed E-state index contributed by atoms with van der Waals surface area (Å²) in [6, 6.07) is 4.10. The predicted octanol–water partition coefficient (Wildman–Crippen LogP) is 4.17. The number of fused-ring (bicyclic) bond motifs is 1. The van der Waals surface area contributed by atoms with Crippen molar-refractivity contribution in [1.29, 1.82) is 0 Å². The Morgan fingerprint density at radius 2 is 1.95 bits per heavy atom. The Morgan fingerprint density at radius 1 is 1.26 bits per heavy atom. The summed E-state index contributed by atoms with van der Waals surface area (Å²) in [5, 5.41) is 0.404. The van der Waals surface area contributed by atoms with Crippen molar-refractivity contribution in [2.75, 3.05) is 6.26 Å². The van der Waals surface area contributed by atoms with Crippen LogP contribution in [0.3, 0.4) is 0 Å². The van der Waals surface area contributed by atoms with Crippen LogP contribution in [0.4, 0.5) is 13.2 Å². The zero-order valence-electron chi connectivity index (χ0n) is 10.1. The second kappa shape index (κ2) is 5.13. The van der Waals surface area contributed by atoms with Crippen molar-refractivity contribution in [2.45, 2.75) is 22.2 Å². The van der Waals surface area contributed by atoms with E-state index in [4.69, 9.17) is 0 Å². The average molecular weight is 305 g/mol. The lowest BCUT2D eigenvalue weighted by molar-refractivity contribution is -0.0328. The van der Waals surface area contributed by atoms with Crippen LogP contribution in [0.15, 0.2) is 32.8 Å². The quantitative estimate of drug-likeness (QED) is 0.845. The number of hydrogen-bond donors (Lipinski definition) is 1. The largest absolute Gasteiger partial charge is 0.446 e. The number of benzene rings is 1. The molecule has 1 heterocycles. The van der Waals surface area contributed by atoms with Gasteiger partial charge in [-0.3, -0.25) is 4.79 Å². The third-order valence-electron chi connectivity index (χ3n) is 2.54. The highest BCUT2D eigenvalue weighted by atomic mass is 32.2. The molecule has 2 rings (SSSR count). The van der Waals surface area contributed by atoms with Gasteiger partial charge < -0.3 is 4.98 Å². The third-order valence-corrected chi connectivity index (χ3v) is 4.16. The van der Waals surface area contributed by atoms with Gasteiger partial charge in [-0.1, -0.05) is 0 Å². The molecule has 102 valence electrons. The number of rotatable bonds is 2. The Bertz CT molecular complexity index is 679. The normalized spacial score (nSPS) is 12.1. The van der Waals surface area contributed by atoms with Crippen LogP contribution >= 0.6 is 23.5 Å². The molecule has 2 aromatic rings. The van der Waals surface area contributed by atoms with Crippen LogP contribution in [-0.4, -0.2) is 16.7 Å². The number of aromatic amines is 1. The van der Waals surface area contributed by atoms with E-state index in [1.165, 1.54) is 30.0 Å². The molecule has 0 aliphatic rings. The van der Waals surface area contributed by atoms with Gasteiger partial charge in [0.15, 0.2) is 0 Å². The standard InChI is InChI=1S/C12H10F3NOS2/c1-6-11(18-2)10(17)8-4-3-7(5-9(8)16-6)19-12(13,14)15/h3-5H,1-2H3,(H,16,17). The fraction of sp³-hybridized carbons (Fsp3) is 0.250. The second-order valence-electron chi connectivity index (χ2n) is 3.87. The molecule has 7 heteroatoms. The SMILES string of the molecule is CSc1c(C)[nH]c2cc(SC(F)(F)F)ccc2c1=O. The lowest BCUT2D eigenvalue weighted by Gasteiger charge is -2.08. The molecular weight excluding hydrogens is 295 g/mol. The molecule has 0 atom stereocenters. The van der Waals surface area contributed by atoms with Crippen LogP contribution in [0.2, 0.25) is 0 Å². The fourth-order valence-corrected chi connectivity index (χ4v) is 3.05. The van der Waals surface area contributed by atoms with Crippen LogP contribution in [-0.2, 0) is 0 Å². The molecule has 0 saturated carbocycles. The van der Waals surface area contributed by atoms with Crippen LogP contribution < -0.4 is 5.43 Å². The molecule has 0 aliphatic carbocycles. The van der Waals surface area contributed by atoms with Gasteiger partial charge in [0.1, 0.15) is 0 Å². The van der Waals surface area contributed by atoms with Gasteiger partial charge in [0.05, 0.1) is 10.4 Å². The summed E-state index contributed by atoms with van der Waals surface area (Å²) in [4.78, 5) is 15.7. The average Bonchev–Trinajstić information content (AvgIpc) is 2.26. The zero-order chi connectivity index (χ0) is 14.2. The van der Waals surface area contributed by atoms with E-state index in [9.17, 15) is 18.0 Å². The van der Waals surface area contributed by atoms with E-state index < -0.39 is 5.51 Å². The van der Waals surface area contributed by atoms with Gasteiger partial charge in [0.25, 0.3) is 0 Å². The Hall–Kier alpha value is -1.08. The van der Waals surface area contributed by atoms with Gasteiger partial charge in [0.2, 0.25) is 5.43 Å². The molecule has 0 amide bonds. The topological polar surface area (TPSA) is 32.9 Å². The maximum atomic E-state index is 12.3. The number of aryl methyl sites for hydroxylation is 1. The van der Waals surface area contributed by atoms with Crippen LogP contribution in [0, 0.1) is 6.92 Å². The number of thioether (sulfide) groups is 2. The number of aromatic nitrogens is 1. The van der Waals surface area contributed by atoms with Crippen LogP contribution in [0.5, 0.6) is 0 Å². The van der Waals surface area contributed by atoms with Crippen molar-refractivity contribution in [3.8, 4) is 0 Å². The van der Waals surface area contributed by atoms with E-state index in [2.05, 4.69) is 4.98 Å². The highest BCUT2D eigenvalue weighted by Crippen LogP contribution is 2.37. The van der Waals surface area contributed by atoms with E-state index in [-0.39, 0.29) is 22.1 Å². The molecule has 0 unspecified atom stereocenters. The maximum Gasteiger partial charge on any atom is 0.446 e. The van der Waals surface area contributed by atoms with E-state index in [0.29, 0.717) is 21.5 Å². The van der Waals surface area contributed by atoms with Crippen molar-refractivity contribution >= 4 is 34.4 Å².